The van der Waals surface area contributed by atoms with Gasteiger partial charge in [0, 0.05) is 24.5 Å². The topological polar surface area (TPSA) is 106 Å². The number of halogens is 2. The molecule has 4 N–H and O–H groups in total. The third-order valence-electron chi connectivity index (χ3n) is 4.87. The van der Waals surface area contributed by atoms with Gasteiger partial charge in [0.2, 0.25) is 5.95 Å². The van der Waals surface area contributed by atoms with Crippen LogP contribution in [0.5, 0.6) is 0 Å². The molecule has 7 nitrogen and oxygen atoms in total. The number of nitrogens with two attached hydrogens (primary N) is 1. The summed E-state index contributed by atoms with van der Waals surface area (Å²) in [7, 11) is 1.74. The number of aromatic amines is 1. The molecule has 1 amide bonds. The molecule has 0 aliphatic carbocycles. The molecule has 2 aromatic carbocycles. The molecule has 0 saturated heterocycles. The first kappa shape index (κ1) is 20.0. The number of aromatic nitrogens is 3. The van der Waals surface area contributed by atoms with Crippen molar-refractivity contribution >= 4 is 62.6 Å². The van der Waals surface area contributed by atoms with Crippen LogP contribution in [0.2, 0.25) is 10.0 Å². The van der Waals surface area contributed by atoms with E-state index in [0.29, 0.717) is 49.2 Å². The largest absolute Gasteiger partial charge is 0.366 e. The third kappa shape index (κ3) is 3.12. The Morgan fingerprint density at radius 1 is 1.30 bits per heavy atom. The Balaban J connectivity index is 2.01. The molecule has 0 aliphatic heterocycles. The maximum Gasteiger partial charge on any atom is 0.258 e. The molecule has 2 aromatic heterocycles. The zero-order chi connectivity index (χ0) is 21.6. The molecular formula is C21H16Cl2N5O2. The van der Waals surface area contributed by atoms with Crippen molar-refractivity contribution in [1.29, 1.82) is 0 Å². The van der Waals surface area contributed by atoms with Crippen LogP contribution in [0.3, 0.4) is 0 Å². The maximum atomic E-state index is 12.9. The summed E-state index contributed by atoms with van der Waals surface area (Å²) in [5, 5.41) is 4.70. The molecule has 0 fully saturated rings. The molecule has 0 bridgehead atoms. The average molecular weight is 441 g/mol. The minimum Gasteiger partial charge on any atom is -0.366 e. The Morgan fingerprint density at radius 2 is 2.00 bits per heavy atom. The Morgan fingerprint density at radius 3 is 2.63 bits per heavy atom. The van der Waals surface area contributed by atoms with Gasteiger partial charge in [0.15, 0.2) is 0 Å². The lowest BCUT2D eigenvalue weighted by Crippen LogP contribution is -2.21. The van der Waals surface area contributed by atoms with Crippen LogP contribution >= 0.6 is 23.2 Å². The first-order valence-corrected chi connectivity index (χ1v) is 9.67. The molecular weight excluding hydrogens is 425 g/mol. The highest BCUT2D eigenvalue weighted by Crippen LogP contribution is 2.34. The minimum atomic E-state index is -0.657. The van der Waals surface area contributed by atoms with Crippen molar-refractivity contribution in [2.45, 2.75) is 6.42 Å². The number of benzene rings is 2. The fourth-order valence-corrected chi connectivity index (χ4v) is 4.05. The quantitative estimate of drug-likeness (QED) is 0.434. The van der Waals surface area contributed by atoms with Gasteiger partial charge in [-0.1, -0.05) is 48.0 Å². The number of carbonyl (C=O) groups is 1. The lowest BCUT2D eigenvalue weighted by atomic mass is 10.0. The number of allylic oxidation sites excluding steroid dienone is 1. The normalized spacial score (nSPS) is 11.2. The van der Waals surface area contributed by atoms with Gasteiger partial charge in [0.1, 0.15) is 0 Å². The molecule has 1 radical (unpaired) electrons. The van der Waals surface area contributed by atoms with Gasteiger partial charge in [-0.05, 0) is 18.2 Å². The summed E-state index contributed by atoms with van der Waals surface area (Å²) in [6.07, 6.45) is 1.55. The molecule has 2 heterocycles. The second-order valence-electron chi connectivity index (χ2n) is 6.68. The van der Waals surface area contributed by atoms with E-state index in [9.17, 15) is 9.59 Å². The highest BCUT2D eigenvalue weighted by atomic mass is 35.5. The minimum absolute atomic E-state index is 0.199. The van der Waals surface area contributed by atoms with Crippen LogP contribution in [-0.4, -0.2) is 20.4 Å². The Bertz CT molecular complexity index is 1380. The van der Waals surface area contributed by atoms with Gasteiger partial charge in [-0.15, -0.1) is 0 Å². The molecule has 4 aromatic rings. The number of hydrogen-bond donors (Lipinski definition) is 3. The zero-order valence-corrected chi connectivity index (χ0v) is 17.3. The summed E-state index contributed by atoms with van der Waals surface area (Å²) in [5.74, 6) is -0.234. The summed E-state index contributed by atoms with van der Waals surface area (Å²) in [6, 6.07) is 8.52. The Hall–Kier alpha value is -3.29. The summed E-state index contributed by atoms with van der Waals surface area (Å²) >= 11 is 12.5. The molecule has 9 heteroatoms. The Kier molecular flexibility index (Phi) is 5.01. The van der Waals surface area contributed by atoms with Crippen molar-refractivity contribution < 1.29 is 4.79 Å². The van der Waals surface area contributed by atoms with Crippen LogP contribution in [0.4, 0.5) is 11.6 Å². The molecule has 0 atom stereocenters. The molecule has 30 heavy (non-hydrogen) atoms. The van der Waals surface area contributed by atoms with Crippen molar-refractivity contribution in [1.82, 2.24) is 14.5 Å². The maximum absolute atomic E-state index is 12.9. The van der Waals surface area contributed by atoms with Crippen LogP contribution < -0.4 is 16.6 Å². The number of anilines is 2. The smallest absolute Gasteiger partial charge is 0.258 e. The van der Waals surface area contributed by atoms with E-state index in [1.165, 1.54) is 6.08 Å². The van der Waals surface area contributed by atoms with Gasteiger partial charge >= 0.3 is 0 Å². The fraction of sp³-hybridized carbons (Fsp3) is 0.0952. The summed E-state index contributed by atoms with van der Waals surface area (Å²) in [6.45, 7) is 5.50. The number of amides is 1. The van der Waals surface area contributed by atoms with E-state index < -0.39 is 5.91 Å². The van der Waals surface area contributed by atoms with Gasteiger partial charge in [-0.2, -0.15) is 0 Å². The molecule has 0 unspecified atom stereocenters. The first-order valence-electron chi connectivity index (χ1n) is 8.92. The van der Waals surface area contributed by atoms with Crippen LogP contribution in [0, 0.1) is 6.58 Å². The predicted molar refractivity (Wildman–Crippen MR) is 120 cm³/mol. The van der Waals surface area contributed by atoms with E-state index in [-0.39, 0.29) is 17.5 Å². The van der Waals surface area contributed by atoms with E-state index in [4.69, 9.17) is 35.5 Å². The average Bonchev–Trinajstić information content (AvgIpc) is 3.00. The van der Waals surface area contributed by atoms with Crippen LogP contribution in [-0.2, 0) is 13.5 Å². The highest BCUT2D eigenvalue weighted by Gasteiger charge is 2.20. The number of aryl methyl sites for hydroxylation is 1. The van der Waals surface area contributed by atoms with E-state index in [1.807, 2.05) is 0 Å². The van der Waals surface area contributed by atoms with E-state index in [1.54, 1.807) is 41.9 Å². The summed E-state index contributed by atoms with van der Waals surface area (Å²) < 4.78 is 1.70. The monoisotopic (exact) mass is 440 g/mol. The number of nitrogens with one attached hydrogen (secondary N) is 2. The highest BCUT2D eigenvalue weighted by molar-refractivity contribution is 6.39. The predicted octanol–water partition coefficient (Wildman–Crippen LogP) is 4.10. The SMILES string of the molecule is [CH]=CCc1[nH]c(=O)c2c(ccc3nc(Nc4c(Cl)cccc4Cl)n(C)c32)c1C(N)=O. The van der Waals surface area contributed by atoms with E-state index in [0.717, 1.165) is 0 Å². The molecule has 0 saturated carbocycles. The second-order valence-corrected chi connectivity index (χ2v) is 7.50. The number of hydrogen-bond acceptors (Lipinski definition) is 4. The number of rotatable bonds is 5. The van der Waals surface area contributed by atoms with Gasteiger partial charge in [0.25, 0.3) is 11.5 Å². The van der Waals surface area contributed by atoms with Gasteiger partial charge in [-0.3, -0.25) is 9.59 Å². The van der Waals surface area contributed by atoms with Crippen LogP contribution in [0.1, 0.15) is 16.1 Å². The van der Waals surface area contributed by atoms with Crippen LogP contribution in [0.15, 0.2) is 41.2 Å². The lowest BCUT2D eigenvalue weighted by Gasteiger charge is -2.11. The van der Waals surface area contributed by atoms with Crippen molar-refractivity contribution in [3.63, 3.8) is 0 Å². The lowest BCUT2D eigenvalue weighted by molar-refractivity contribution is 0.100. The number of imidazole rings is 1. The van der Waals surface area contributed by atoms with Crippen molar-refractivity contribution in [2.24, 2.45) is 12.8 Å². The number of nitrogens with zero attached hydrogens (tertiary/aromatic N) is 2. The molecule has 4 rings (SSSR count). The molecule has 151 valence electrons. The van der Waals surface area contributed by atoms with Crippen molar-refractivity contribution in [3.05, 3.63) is 74.6 Å². The number of carbonyl (C=O) groups excluding carboxylic acids is 1. The first-order chi connectivity index (χ1) is 14.3. The van der Waals surface area contributed by atoms with Crippen LogP contribution in [0.25, 0.3) is 21.8 Å². The van der Waals surface area contributed by atoms with E-state index in [2.05, 4.69) is 15.3 Å². The third-order valence-corrected chi connectivity index (χ3v) is 5.50. The van der Waals surface area contributed by atoms with Gasteiger partial charge in [-0.25, -0.2) is 4.98 Å². The zero-order valence-electron chi connectivity index (χ0n) is 15.8. The Labute approximate surface area is 181 Å². The fourth-order valence-electron chi connectivity index (χ4n) is 3.56. The number of H-pyrrole nitrogens is 1. The number of fused-ring (bicyclic) bond motifs is 3. The second kappa shape index (κ2) is 7.51. The van der Waals surface area contributed by atoms with Crippen molar-refractivity contribution in [2.75, 3.05) is 5.32 Å². The number of pyridine rings is 1. The van der Waals surface area contributed by atoms with Gasteiger partial charge in [0.05, 0.1) is 37.7 Å². The standard InChI is InChI=1S/C21H16Cl2N5O2/c1-3-5-13-15(19(24)29)10-8-9-14-18(16(10)20(30)25-13)28(2)21(26-14)27-17-11(22)6-4-7-12(17)23/h1,3-4,6-9H,5H2,2H3,(H2,24,29)(H,25,30)(H,26,27). The van der Waals surface area contributed by atoms with E-state index >= 15 is 0 Å². The number of primary amides is 1. The molecule has 0 spiro atoms. The van der Waals surface area contributed by atoms with Gasteiger partial charge < -0.3 is 20.6 Å². The summed E-state index contributed by atoms with van der Waals surface area (Å²) in [5.41, 5.74) is 7.40. The summed E-state index contributed by atoms with van der Waals surface area (Å²) in [4.78, 5) is 32.4. The molecule has 0 aliphatic rings. The van der Waals surface area contributed by atoms with Crippen molar-refractivity contribution in [3.8, 4) is 0 Å². The number of para-hydroxylation sites is 1.